The van der Waals surface area contributed by atoms with Crippen LogP contribution in [0.25, 0.3) is 21.9 Å². The van der Waals surface area contributed by atoms with Crippen LogP contribution in [-0.2, 0) is 31.9 Å². The fraction of sp³-hybridized carbons (Fsp3) is 0.111. The molecule has 0 saturated heterocycles. The van der Waals surface area contributed by atoms with Crippen LogP contribution in [0.5, 0.6) is 23.0 Å². The van der Waals surface area contributed by atoms with E-state index in [1.807, 2.05) is 73.1 Å². The van der Waals surface area contributed by atoms with Crippen molar-refractivity contribution in [2.45, 2.75) is 38.5 Å². The number of fused-ring (bicyclic) bond motifs is 4. The van der Waals surface area contributed by atoms with Gasteiger partial charge in [-0.05, 0) is 58.3 Å². The molecule has 0 radical (unpaired) electrons. The Morgan fingerprint density at radius 1 is 0.541 bits per heavy atom. The van der Waals surface area contributed by atoms with Crippen LogP contribution in [0.15, 0.2) is 181 Å². The summed E-state index contributed by atoms with van der Waals surface area (Å²) in [7, 11) is 0. The maximum absolute atomic E-state index is 6.88. The Morgan fingerprint density at radius 3 is 1.93 bits per heavy atom. The summed E-state index contributed by atoms with van der Waals surface area (Å²) in [5.74, 6) is 2.51. The maximum atomic E-state index is 6.88. The molecule has 1 aliphatic rings. The molecule has 0 N–H and O–H groups in total. The van der Waals surface area contributed by atoms with Gasteiger partial charge in [0.15, 0.2) is 0 Å². The van der Waals surface area contributed by atoms with Crippen LogP contribution in [0.1, 0.15) is 49.9 Å². The zero-order valence-corrected chi connectivity index (χ0v) is 36.5. The Bertz CT molecular complexity index is 3000. The van der Waals surface area contributed by atoms with Crippen LogP contribution in [0.3, 0.4) is 0 Å². The molecule has 0 amide bonds. The topological polar surface area (TPSA) is 51.0 Å². The van der Waals surface area contributed by atoms with Gasteiger partial charge in [0.25, 0.3) is 0 Å². The summed E-state index contributed by atoms with van der Waals surface area (Å²) >= 11 is 0. The monoisotopic (exact) mass is 975 g/mol. The zero-order valence-electron chi connectivity index (χ0n) is 34.2. The van der Waals surface area contributed by atoms with E-state index in [4.69, 9.17) is 13.9 Å². The number of benzene rings is 7. The number of aromatic nitrogens is 1. The molecule has 7 heteroatoms. The second kappa shape index (κ2) is 16.1. The molecule has 7 aromatic carbocycles. The van der Waals surface area contributed by atoms with E-state index in [-0.39, 0.29) is 31.9 Å². The molecular weight excluding hydrogens is 934 g/mol. The van der Waals surface area contributed by atoms with E-state index < -0.39 is 0 Å². The molecule has 0 spiro atoms. The molecule has 0 saturated carbocycles. The van der Waals surface area contributed by atoms with Gasteiger partial charge in [-0.15, -0.1) is 42.2 Å². The van der Waals surface area contributed by atoms with Gasteiger partial charge < -0.3 is 23.7 Å². The number of nitrogens with zero attached hydrogens (tertiary/aromatic N) is 3. The van der Waals surface area contributed by atoms with E-state index in [2.05, 4.69) is 164 Å². The number of anilines is 4. The predicted octanol–water partition coefficient (Wildman–Crippen LogP) is 14.2. The number of ether oxygens (including phenoxy) is 2. The van der Waals surface area contributed by atoms with Crippen LogP contribution in [0.4, 0.5) is 22.7 Å². The second-order valence-corrected chi connectivity index (χ2v) is 16.2. The SMILES string of the molecule is CC(C)(c1ccccc1)c1cc(Oc2[c-]c3oc4ccccc4c3cc2)[c-]c(N2[CH-]N(c3ccccc3Oc3cnccc3C(C)(C)c3ccccc3)c3ccccc32)c1.[Pt]. The molecule has 1 aliphatic heterocycles. The van der Waals surface area contributed by atoms with Gasteiger partial charge in [0, 0.05) is 66.7 Å². The van der Waals surface area contributed by atoms with Crippen molar-refractivity contribution in [3.63, 3.8) is 0 Å². The smallest absolute Gasteiger partial charge is 0.149 e. The van der Waals surface area contributed by atoms with Crippen LogP contribution in [0.2, 0.25) is 0 Å². The third-order valence-corrected chi connectivity index (χ3v) is 11.7. The van der Waals surface area contributed by atoms with Gasteiger partial charge in [0.1, 0.15) is 17.1 Å². The van der Waals surface area contributed by atoms with Crippen molar-refractivity contribution in [3.05, 3.63) is 217 Å². The first-order chi connectivity index (χ1) is 29.2. The Labute approximate surface area is 371 Å². The van der Waals surface area contributed by atoms with Gasteiger partial charge in [-0.2, -0.15) is 6.07 Å². The summed E-state index contributed by atoms with van der Waals surface area (Å²) < 4.78 is 19.7. The van der Waals surface area contributed by atoms with Crippen molar-refractivity contribution in [2.24, 2.45) is 0 Å². The van der Waals surface area contributed by atoms with Gasteiger partial charge >= 0.3 is 0 Å². The van der Waals surface area contributed by atoms with E-state index in [1.54, 1.807) is 0 Å². The van der Waals surface area contributed by atoms with Gasteiger partial charge in [-0.1, -0.05) is 142 Å². The Hall–Kier alpha value is -6.62. The molecule has 3 heterocycles. The van der Waals surface area contributed by atoms with Crippen LogP contribution < -0.4 is 19.3 Å². The minimum Gasteiger partial charge on any atom is -0.509 e. The van der Waals surface area contributed by atoms with Crippen molar-refractivity contribution < 1.29 is 35.0 Å². The van der Waals surface area contributed by atoms with E-state index in [9.17, 15) is 0 Å². The molecule has 0 bridgehead atoms. The van der Waals surface area contributed by atoms with Gasteiger partial charge in [0.2, 0.25) is 0 Å². The zero-order chi connectivity index (χ0) is 40.8. The number of hydrogen-bond donors (Lipinski definition) is 0. The average molecular weight is 976 g/mol. The van der Waals surface area contributed by atoms with Crippen LogP contribution >= 0.6 is 0 Å². The molecule has 0 fully saturated rings. The van der Waals surface area contributed by atoms with E-state index in [1.165, 1.54) is 11.1 Å². The first-order valence-corrected chi connectivity index (χ1v) is 20.2. The molecule has 0 aliphatic carbocycles. The van der Waals surface area contributed by atoms with Gasteiger partial charge in [-0.3, -0.25) is 4.98 Å². The summed E-state index contributed by atoms with van der Waals surface area (Å²) in [5, 5.41) is 2.04. The Kier molecular flexibility index (Phi) is 10.5. The molecule has 0 atom stereocenters. The van der Waals surface area contributed by atoms with E-state index in [0.29, 0.717) is 28.6 Å². The van der Waals surface area contributed by atoms with E-state index in [0.717, 1.165) is 50.2 Å². The quantitative estimate of drug-likeness (QED) is 0.127. The normalized spacial score (nSPS) is 12.7. The van der Waals surface area contributed by atoms with Crippen molar-refractivity contribution in [1.82, 2.24) is 4.98 Å². The molecule has 304 valence electrons. The second-order valence-electron chi connectivity index (χ2n) is 16.2. The Balaban J connectivity index is 0.00000476. The predicted molar refractivity (Wildman–Crippen MR) is 241 cm³/mol. The fourth-order valence-corrected chi connectivity index (χ4v) is 8.25. The Morgan fingerprint density at radius 2 is 1.18 bits per heavy atom. The number of furan rings is 1. The first kappa shape index (κ1) is 39.8. The number of hydrogen-bond acceptors (Lipinski definition) is 6. The number of rotatable bonds is 10. The first-order valence-electron chi connectivity index (χ1n) is 20.2. The molecule has 9 aromatic rings. The number of para-hydroxylation sites is 5. The average Bonchev–Trinajstić information content (AvgIpc) is 3.86. The minimum atomic E-state index is -0.371. The fourth-order valence-electron chi connectivity index (χ4n) is 8.25. The third-order valence-electron chi connectivity index (χ3n) is 11.7. The van der Waals surface area contributed by atoms with Crippen molar-refractivity contribution in [3.8, 4) is 23.0 Å². The molecule has 10 rings (SSSR count). The summed E-state index contributed by atoms with van der Waals surface area (Å²) in [6, 6.07) is 62.9. The summed E-state index contributed by atoms with van der Waals surface area (Å²) in [6.45, 7) is 11.0. The molecular formula is C54H42N3O3Pt-3. The van der Waals surface area contributed by atoms with Crippen LogP contribution in [-0.4, -0.2) is 4.98 Å². The maximum Gasteiger partial charge on any atom is 0.149 e. The van der Waals surface area contributed by atoms with Crippen molar-refractivity contribution in [2.75, 3.05) is 9.80 Å². The van der Waals surface area contributed by atoms with Crippen molar-refractivity contribution in [1.29, 1.82) is 0 Å². The molecule has 2 aromatic heterocycles. The summed E-state index contributed by atoms with van der Waals surface area (Å²) in [4.78, 5) is 8.84. The largest absolute Gasteiger partial charge is 0.509 e. The summed E-state index contributed by atoms with van der Waals surface area (Å²) in [6.07, 6.45) is 3.64. The van der Waals surface area contributed by atoms with Gasteiger partial charge in [-0.25, -0.2) is 0 Å². The molecule has 6 nitrogen and oxygen atoms in total. The summed E-state index contributed by atoms with van der Waals surface area (Å²) in [5.41, 5.74) is 8.95. The molecule has 0 unspecified atom stereocenters. The number of pyridine rings is 1. The standard InChI is InChI=1S/C54H42N3O3.Pt/c1-53(2,37-17-7-5-8-18-37)39-31-40(33-42(32-39)58-41-27-28-44-43-21-11-15-25-49(43)59-51(44)34-41)56-36-57(47-23-13-12-22-46(47)56)48-24-14-16-26-50(48)60-52-35-55-30-29-45(52)54(3,4)38-19-9-6-10-20-38;/h5-32,35-36H,1-4H3;/q-3;. The third kappa shape index (κ3) is 7.36. The molecule has 61 heavy (non-hydrogen) atoms. The minimum absolute atomic E-state index is 0. The van der Waals surface area contributed by atoms with E-state index >= 15 is 0 Å². The van der Waals surface area contributed by atoms with Crippen LogP contribution in [0, 0.1) is 18.8 Å². The van der Waals surface area contributed by atoms with Crippen molar-refractivity contribution >= 4 is 44.7 Å². The van der Waals surface area contributed by atoms with Gasteiger partial charge in [0.05, 0.1) is 11.9 Å².